The Morgan fingerprint density at radius 2 is 1.90 bits per heavy atom. The van der Waals surface area contributed by atoms with Crippen LogP contribution in [0.3, 0.4) is 0 Å². The van der Waals surface area contributed by atoms with Crippen molar-refractivity contribution in [2.24, 2.45) is 5.73 Å². The predicted octanol–water partition coefficient (Wildman–Crippen LogP) is 2.44. The highest BCUT2D eigenvalue weighted by Crippen LogP contribution is 2.14. The Morgan fingerprint density at radius 3 is 2.48 bits per heavy atom. The van der Waals surface area contributed by atoms with Crippen molar-refractivity contribution >= 4 is 45.8 Å². The third kappa shape index (κ3) is 8.04. The average Bonchev–Trinajstić information content (AvgIpc) is 2.41. The molecule has 0 saturated carbocycles. The quantitative estimate of drug-likeness (QED) is 0.681. The number of nitrogens with one attached hydrogen (secondary N) is 2. The largest absolute Gasteiger partial charge is 0.354 e. The molecule has 118 valence electrons. The molecule has 0 fully saturated rings. The maximum atomic E-state index is 11.7. The summed E-state index contributed by atoms with van der Waals surface area (Å²) >= 11 is 3.32. The Balaban J connectivity index is 0.00000400. The maximum absolute atomic E-state index is 11.7. The number of carbonyl (C=O) groups excluding carboxylic acids is 2. The van der Waals surface area contributed by atoms with Gasteiger partial charge in [0.1, 0.15) is 0 Å². The highest BCUT2D eigenvalue weighted by atomic mass is 79.9. The van der Waals surface area contributed by atoms with E-state index in [4.69, 9.17) is 5.73 Å². The Kier molecular flexibility index (Phi) is 10.0. The van der Waals surface area contributed by atoms with Crippen molar-refractivity contribution in [3.05, 3.63) is 28.7 Å². The van der Waals surface area contributed by atoms with Gasteiger partial charge in [0, 0.05) is 23.1 Å². The Bertz CT molecular complexity index is 454. The second-order valence-corrected chi connectivity index (χ2v) is 5.41. The van der Waals surface area contributed by atoms with E-state index >= 15 is 0 Å². The van der Waals surface area contributed by atoms with Crippen LogP contribution in [0.1, 0.15) is 26.2 Å². The van der Waals surface area contributed by atoms with Crippen LogP contribution in [0, 0.1) is 0 Å². The van der Waals surface area contributed by atoms with Crippen molar-refractivity contribution < 1.29 is 9.59 Å². The number of hydrogen-bond donors (Lipinski definition) is 3. The van der Waals surface area contributed by atoms with Gasteiger partial charge in [-0.1, -0.05) is 29.3 Å². The molecular weight excluding hydrogens is 358 g/mol. The van der Waals surface area contributed by atoms with Crippen molar-refractivity contribution in [2.45, 2.75) is 32.2 Å². The molecule has 0 heterocycles. The van der Waals surface area contributed by atoms with Crippen LogP contribution in [-0.2, 0) is 9.59 Å². The van der Waals surface area contributed by atoms with E-state index in [2.05, 4.69) is 26.6 Å². The molecule has 0 aliphatic heterocycles. The summed E-state index contributed by atoms with van der Waals surface area (Å²) in [5.74, 6) is -0.347. The molecule has 0 radical (unpaired) electrons. The van der Waals surface area contributed by atoms with E-state index in [9.17, 15) is 9.59 Å². The van der Waals surface area contributed by atoms with Crippen LogP contribution < -0.4 is 16.4 Å². The standard InChI is InChI=1S/C14H20BrN3O2.ClH/c1-2-3-12(16)14(20)17-9-8-13(19)18-11-6-4-10(15)5-7-11;/h4-7,12H,2-3,8-9,16H2,1H3,(H,17,20)(H,18,19);1H. The van der Waals surface area contributed by atoms with Gasteiger partial charge in [-0.15, -0.1) is 12.4 Å². The fourth-order valence-electron chi connectivity index (χ4n) is 1.63. The molecule has 1 rings (SSSR count). The van der Waals surface area contributed by atoms with Crippen molar-refractivity contribution in [2.75, 3.05) is 11.9 Å². The molecule has 0 saturated heterocycles. The highest BCUT2D eigenvalue weighted by Gasteiger charge is 2.11. The monoisotopic (exact) mass is 377 g/mol. The summed E-state index contributed by atoms with van der Waals surface area (Å²) in [5.41, 5.74) is 6.39. The Labute approximate surface area is 139 Å². The minimum absolute atomic E-state index is 0. The topological polar surface area (TPSA) is 84.2 Å². The van der Waals surface area contributed by atoms with Gasteiger partial charge in [-0.25, -0.2) is 0 Å². The van der Waals surface area contributed by atoms with Crippen molar-refractivity contribution in [3.8, 4) is 0 Å². The second kappa shape index (κ2) is 10.6. The van der Waals surface area contributed by atoms with Gasteiger partial charge < -0.3 is 16.4 Å². The molecule has 1 aromatic rings. The number of amides is 2. The first kappa shape index (κ1) is 19.9. The zero-order valence-corrected chi connectivity index (χ0v) is 14.3. The average molecular weight is 379 g/mol. The van der Waals surface area contributed by atoms with Gasteiger partial charge in [-0.3, -0.25) is 9.59 Å². The van der Waals surface area contributed by atoms with Crippen molar-refractivity contribution in [3.63, 3.8) is 0 Å². The Hall–Kier alpha value is -1.11. The van der Waals surface area contributed by atoms with Crippen LogP contribution in [-0.4, -0.2) is 24.4 Å². The molecule has 1 atom stereocenters. The lowest BCUT2D eigenvalue weighted by atomic mass is 10.1. The van der Waals surface area contributed by atoms with E-state index in [1.54, 1.807) is 12.1 Å². The number of anilines is 1. The number of benzene rings is 1. The molecule has 4 N–H and O–H groups in total. The van der Waals surface area contributed by atoms with E-state index in [0.29, 0.717) is 13.0 Å². The minimum Gasteiger partial charge on any atom is -0.354 e. The van der Waals surface area contributed by atoms with Crippen LogP contribution >= 0.6 is 28.3 Å². The number of halogens is 2. The van der Waals surface area contributed by atoms with Gasteiger partial charge >= 0.3 is 0 Å². The fourth-order valence-corrected chi connectivity index (χ4v) is 1.89. The third-order valence-electron chi connectivity index (χ3n) is 2.72. The summed E-state index contributed by atoms with van der Waals surface area (Å²) < 4.78 is 0.952. The van der Waals surface area contributed by atoms with Crippen molar-refractivity contribution in [1.82, 2.24) is 5.32 Å². The zero-order valence-electron chi connectivity index (χ0n) is 11.9. The first-order valence-corrected chi connectivity index (χ1v) is 7.41. The number of hydrogen-bond acceptors (Lipinski definition) is 3. The first-order valence-electron chi connectivity index (χ1n) is 6.61. The molecular formula is C14H21BrClN3O2. The van der Waals surface area contributed by atoms with E-state index in [0.717, 1.165) is 16.6 Å². The summed E-state index contributed by atoms with van der Waals surface area (Å²) in [6.45, 7) is 2.26. The first-order chi connectivity index (χ1) is 9.52. The normalized spacial score (nSPS) is 11.2. The molecule has 0 aliphatic rings. The van der Waals surface area contributed by atoms with Gasteiger partial charge in [0.15, 0.2) is 0 Å². The summed E-state index contributed by atoms with van der Waals surface area (Å²) in [7, 11) is 0. The number of nitrogens with two attached hydrogens (primary N) is 1. The van der Waals surface area contributed by atoms with Crippen molar-refractivity contribution in [1.29, 1.82) is 0 Å². The molecule has 0 aromatic heterocycles. The number of carbonyl (C=O) groups is 2. The maximum Gasteiger partial charge on any atom is 0.236 e. The van der Waals surface area contributed by atoms with E-state index < -0.39 is 6.04 Å². The van der Waals surface area contributed by atoms with Gasteiger partial charge in [-0.05, 0) is 30.7 Å². The van der Waals surface area contributed by atoms with E-state index in [1.807, 2.05) is 19.1 Å². The Morgan fingerprint density at radius 1 is 1.29 bits per heavy atom. The molecule has 7 heteroatoms. The van der Waals surface area contributed by atoms with Crippen LogP contribution in [0.15, 0.2) is 28.7 Å². The summed E-state index contributed by atoms with van der Waals surface area (Å²) in [5, 5.41) is 5.42. The van der Waals surface area contributed by atoms with Crippen LogP contribution in [0.5, 0.6) is 0 Å². The van der Waals surface area contributed by atoms with Gasteiger partial charge in [0.2, 0.25) is 11.8 Å². The molecule has 0 aliphatic carbocycles. The lowest BCUT2D eigenvalue weighted by Gasteiger charge is -2.11. The van der Waals surface area contributed by atoms with Gasteiger partial charge in [-0.2, -0.15) is 0 Å². The lowest BCUT2D eigenvalue weighted by Crippen LogP contribution is -2.41. The van der Waals surface area contributed by atoms with Crippen LogP contribution in [0.4, 0.5) is 5.69 Å². The molecule has 5 nitrogen and oxygen atoms in total. The van der Waals surface area contributed by atoms with E-state index in [1.165, 1.54) is 0 Å². The molecule has 0 spiro atoms. The molecule has 0 bridgehead atoms. The summed E-state index contributed by atoms with van der Waals surface area (Å²) in [4.78, 5) is 23.2. The van der Waals surface area contributed by atoms with Crippen LogP contribution in [0.25, 0.3) is 0 Å². The second-order valence-electron chi connectivity index (χ2n) is 4.49. The third-order valence-corrected chi connectivity index (χ3v) is 3.24. The molecule has 21 heavy (non-hydrogen) atoms. The smallest absolute Gasteiger partial charge is 0.236 e. The summed E-state index contributed by atoms with van der Waals surface area (Å²) in [6.07, 6.45) is 1.73. The summed E-state index contributed by atoms with van der Waals surface area (Å²) in [6, 6.07) is 6.81. The highest BCUT2D eigenvalue weighted by molar-refractivity contribution is 9.10. The van der Waals surface area contributed by atoms with Gasteiger partial charge in [0.25, 0.3) is 0 Å². The SMILES string of the molecule is CCCC(N)C(=O)NCCC(=O)Nc1ccc(Br)cc1.Cl. The number of rotatable bonds is 7. The minimum atomic E-state index is -0.491. The van der Waals surface area contributed by atoms with Crippen LogP contribution in [0.2, 0.25) is 0 Å². The predicted molar refractivity (Wildman–Crippen MR) is 90.5 cm³/mol. The van der Waals surface area contributed by atoms with Gasteiger partial charge in [0.05, 0.1) is 6.04 Å². The lowest BCUT2D eigenvalue weighted by molar-refractivity contribution is -0.122. The zero-order chi connectivity index (χ0) is 15.0. The molecule has 1 aromatic carbocycles. The van der Waals surface area contributed by atoms with E-state index in [-0.39, 0.29) is 30.6 Å². The molecule has 1 unspecified atom stereocenters. The fraction of sp³-hybridized carbons (Fsp3) is 0.429. The molecule has 2 amide bonds.